The molecule has 0 amide bonds. The highest BCUT2D eigenvalue weighted by atomic mass is 15.2. The highest BCUT2D eigenvalue weighted by Crippen LogP contribution is 2.27. The zero-order chi connectivity index (χ0) is 11.7. The van der Waals surface area contributed by atoms with Crippen LogP contribution in [-0.2, 0) is 0 Å². The lowest BCUT2D eigenvalue weighted by molar-refractivity contribution is 0.422. The Morgan fingerprint density at radius 3 is 2.62 bits per heavy atom. The fraction of sp³-hybridized carbons (Fsp3) is 0.643. The molecule has 0 N–H and O–H groups in total. The lowest BCUT2D eigenvalue weighted by Crippen LogP contribution is -2.22. The van der Waals surface area contributed by atoms with Crippen LogP contribution in [0.4, 0.5) is 5.82 Å². The normalized spacial score (nSPS) is 20.8. The van der Waals surface area contributed by atoms with Gasteiger partial charge in [0.1, 0.15) is 5.82 Å². The minimum Gasteiger partial charge on any atom is -0.356 e. The Morgan fingerprint density at radius 2 is 2.06 bits per heavy atom. The van der Waals surface area contributed by atoms with Gasteiger partial charge in [-0.1, -0.05) is 19.9 Å². The number of pyridine rings is 1. The molecule has 1 aromatic heterocycles. The molecule has 1 saturated heterocycles. The van der Waals surface area contributed by atoms with Crippen molar-refractivity contribution in [1.82, 2.24) is 4.98 Å². The van der Waals surface area contributed by atoms with Crippen LogP contribution in [0.2, 0.25) is 0 Å². The second kappa shape index (κ2) is 4.44. The van der Waals surface area contributed by atoms with Gasteiger partial charge < -0.3 is 4.90 Å². The third-order valence-corrected chi connectivity index (χ3v) is 3.83. The van der Waals surface area contributed by atoms with Crippen LogP contribution < -0.4 is 4.90 Å². The van der Waals surface area contributed by atoms with Crippen molar-refractivity contribution < 1.29 is 0 Å². The van der Waals surface area contributed by atoms with E-state index in [-0.39, 0.29) is 0 Å². The van der Waals surface area contributed by atoms with Gasteiger partial charge in [0.15, 0.2) is 0 Å². The van der Waals surface area contributed by atoms with Gasteiger partial charge in [0.25, 0.3) is 0 Å². The summed E-state index contributed by atoms with van der Waals surface area (Å²) in [6.45, 7) is 11.2. The summed E-state index contributed by atoms with van der Waals surface area (Å²) < 4.78 is 0. The van der Waals surface area contributed by atoms with E-state index in [1.807, 2.05) is 0 Å². The summed E-state index contributed by atoms with van der Waals surface area (Å²) in [7, 11) is 0. The lowest BCUT2D eigenvalue weighted by atomic mass is 9.95. The monoisotopic (exact) mass is 218 g/mol. The second-order valence-corrected chi connectivity index (χ2v) is 5.31. The van der Waals surface area contributed by atoms with Crippen molar-refractivity contribution in [1.29, 1.82) is 0 Å². The summed E-state index contributed by atoms with van der Waals surface area (Å²) in [6, 6.07) is 4.34. The fourth-order valence-electron chi connectivity index (χ4n) is 2.33. The fourth-order valence-corrected chi connectivity index (χ4v) is 2.33. The van der Waals surface area contributed by atoms with Gasteiger partial charge in [-0.25, -0.2) is 4.98 Å². The van der Waals surface area contributed by atoms with Crippen molar-refractivity contribution in [3.8, 4) is 0 Å². The topological polar surface area (TPSA) is 16.1 Å². The molecule has 0 bridgehead atoms. The number of aromatic nitrogens is 1. The van der Waals surface area contributed by atoms with E-state index in [4.69, 9.17) is 0 Å². The van der Waals surface area contributed by atoms with Crippen molar-refractivity contribution >= 4 is 5.82 Å². The van der Waals surface area contributed by atoms with Gasteiger partial charge in [-0.2, -0.15) is 0 Å². The summed E-state index contributed by atoms with van der Waals surface area (Å²) in [5, 5.41) is 0. The number of nitrogens with zero attached hydrogens (tertiary/aromatic N) is 2. The average Bonchev–Trinajstić information content (AvgIpc) is 2.71. The first-order valence-electron chi connectivity index (χ1n) is 6.27. The Hall–Kier alpha value is -1.05. The van der Waals surface area contributed by atoms with Gasteiger partial charge in [0.05, 0.1) is 0 Å². The van der Waals surface area contributed by atoms with E-state index in [1.165, 1.54) is 25.1 Å². The molecule has 1 atom stereocenters. The maximum Gasteiger partial charge on any atom is 0.128 e. The molecule has 2 heteroatoms. The Balaban J connectivity index is 2.11. The maximum absolute atomic E-state index is 4.67. The minimum atomic E-state index is 0.788. The molecule has 1 unspecified atom stereocenters. The molecule has 1 aromatic rings. The van der Waals surface area contributed by atoms with Crippen LogP contribution in [0.3, 0.4) is 0 Å². The molecular weight excluding hydrogens is 196 g/mol. The van der Waals surface area contributed by atoms with Gasteiger partial charge in [-0.3, -0.25) is 0 Å². The summed E-state index contributed by atoms with van der Waals surface area (Å²) in [4.78, 5) is 7.10. The molecule has 2 nitrogen and oxygen atoms in total. The molecule has 2 heterocycles. The molecule has 2 rings (SSSR count). The number of aryl methyl sites for hydroxylation is 2. The van der Waals surface area contributed by atoms with Crippen molar-refractivity contribution in [2.24, 2.45) is 11.8 Å². The number of hydrogen-bond donors (Lipinski definition) is 0. The molecule has 0 saturated carbocycles. The van der Waals surface area contributed by atoms with E-state index >= 15 is 0 Å². The van der Waals surface area contributed by atoms with Gasteiger partial charge in [-0.15, -0.1) is 0 Å². The highest BCUT2D eigenvalue weighted by Gasteiger charge is 2.25. The van der Waals surface area contributed by atoms with Crippen molar-refractivity contribution in [2.45, 2.75) is 34.1 Å². The molecule has 0 radical (unpaired) electrons. The summed E-state index contributed by atoms with van der Waals surface area (Å²) in [5.74, 6) is 2.78. The van der Waals surface area contributed by atoms with Crippen molar-refractivity contribution in [2.75, 3.05) is 18.0 Å². The predicted molar refractivity (Wildman–Crippen MR) is 68.9 cm³/mol. The lowest BCUT2D eigenvalue weighted by Gasteiger charge is -2.19. The van der Waals surface area contributed by atoms with Crippen LogP contribution >= 0.6 is 0 Å². The Morgan fingerprint density at radius 1 is 1.31 bits per heavy atom. The standard InChI is InChI=1S/C14H22N2/c1-10(2)13-7-8-16(9-13)14-6-5-11(3)12(4)15-14/h5-6,10,13H,7-9H2,1-4H3. The second-order valence-electron chi connectivity index (χ2n) is 5.31. The van der Waals surface area contributed by atoms with E-state index in [0.717, 1.165) is 23.3 Å². The number of hydrogen-bond acceptors (Lipinski definition) is 2. The third kappa shape index (κ3) is 2.21. The summed E-state index contributed by atoms with van der Waals surface area (Å²) in [5.41, 5.74) is 2.44. The van der Waals surface area contributed by atoms with E-state index in [0.29, 0.717) is 0 Å². The van der Waals surface area contributed by atoms with Gasteiger partial charge >= 0.3 is 0 Å². The van der Waals surface area contributed by atoms with E-state index < -0.39 is 0 Å². The molecule has 1 aliphatic rings. The molecular formula is C14H22N2. The third-order valence-electron chi connectivity index (χ3n) is 3.83. The van der Waals surface area contributed by atoms with Crippen LogP contribution in [0.5, 0.6) is 0 Å². The predicted octanol–water partition coefficient (Wildman–Crippen LogP) is 3.18. The molecule has 88 valence electrons. The summed E-state index contributed by atoms with van der Waals surface area (Å²) in [6.07, 6.45) is 1.31. The first-order chi connectivity index (χ1) is 7.58. The van der Waals surface area contributed by atoms with Crippen molar-refractivity contribution in [3.05, 3.63) is 23.4 Å². The first-order valence-corrected chi connectivity index (χ1v) is 6.27. The Bertz CT molecular complexity index is 371. The van der Waals surface area contributed by atoms with Crippen LogP contribution in [0.15, 0.2) is 12.1 Å². The van der Waals surface area contributed by atoms with Gasteiger partial charge in [0, 0.05) is 18.8 Å². The molecule has 0 aliphatic carbocycles. The highest BCUT2D eigenvalue weighted by molar-refractivity contribution is 5.42. The molecule has 1 aliphatic heterocycles. The van der Waals surface area contributed by atoms with E-state index in [2.05, 4.69) is 49.7 Å². The zero-order valence-corrected chi connectivity index (χ0v) is 10.8. The number of rotatable bonds is 2. The summed E-state index contributed by atoms with van der Waals surface area (Å²) >= 11 is 0. The SMILES string of the molecule is Cc1ccc(N2CCC(C(C)C)C2)nc1C. The average molecular weight is 218 g/mol. The van der Waals surface area contributed by atoms with Crippen molar-refractivity contribution in [3.63, 3.8) is 0 Å². The molecule has 0 aromatic carbocycles. The quantitative estimate of drug-likeness (QED) is 0.758. The van der Waals surface area contributed by atoms with Crippen LogP contribution in [-0.4, -0.2) is 18.1 Å². The molecule has 0 spiro atoms. The minimum absolute atomic E-state index is 0.788. The van der Waals surface area contributed by atoms with Crippen LogP contribution in [0.25, 0.3) is 0 Å². The number of anilines is 1. The Labute approximate surface area is 98.7 Å². The van der Waals surface area contributed by atoms with Gasteiger partial charge in [-0.05, 0) is 43.7 Å². The van der Waals surface area contributed by atoms with Crippen LogP contribution in [0, 0.1) is 25.7 Å². The van der Waals surface area contributed by atoms with E-state index in [1.54, 1.807) is 0 Å². The van der Waals surface area contributed by atoms with Gasteiger partial charge in [0.2, 0.25) is 0 Å². The van der Waals surface area contributed by atoms with Crippen LogP contribution in [0.1, 0.15) is 31.5 Å². The molecule has 1 fully saturated rings. The zero-order valence-electron chi connectivity index (χ0n) is 10.8. The maximum atomic E-state index is 4.67. The first kappa shape index (κ1) is 11.4. The largest absolute Gasteiger partial charge is 0.356 e. The molecule has 16 heavy (non-hydrogen) atoms. The van der Waals surface area contributed by atoms with E-state index in [9.17, 15) is 0 Å². The smallest absolute Gasteiger partial charge is 0.128 e. The Kier molecular flexibility index (Phi) is 3.17.